The third-order valence-electron chi connectivity index (χ3n) is 6.80. The molecule has 0 unspecified atom stereocenters. The molecule has 7 heteroatoms. The quantitative estimate of drug-likeness (QED) is 0.494. The molecule has 0 bridgehead atoms. The van der Waals surface area contributed by atoms with Gasteiger partial charge in [0.2, 0.25) is 5.91 Å². The first-order valence-corrected chi connectivity index (χ1v) is 12.3. The van der Waals surface area contributed by atoms with Crippen LogP contribution in [0.5, 0.6) is 17.2 Å². The number of amides is 1. The van der Waals surface area contributed by atoms with E-state index in [1.54, 1.807) is 0 Å². The summed E-state index contributed by atoms with van der Waals surface area (Å²) in [6, 6.07) is 23.4. The van der Waals surface area contributed by atoms with Crippen LogP contribution in [0.3, 0.4) is 0 Å². The first-order chi connectivity index (χ1) is 17.5. The van der Waals surface area contributed by atoms with E-state index in [0.717, 1.165) is 34.1 Å². The van der Waals surface area contributed by atoms with Crippen LogP contribution in [-0.2, 0) is 16.1 Å². The Balaban J connectivity index is 1.17. The lowest BCUT2D eigenvalue weighted by atomic mass is 9.84. The number of ether oxygens (including phenoxy) is 3. The monoisotopic (exact) mass is 488 g/mol. The van der Waals surface area contributed by atoms with Gasteiger partial charge in [-0.15, -0.1) is 0 Å². The number of carbonyl (C=O) groups excluding carboxylic acids is 1. The summed E-state index contributed by atoms with van der Waals surface area (Å²) in [5.41, 5.74) is 3.20. The van der Waals surface area contributed by atoms with Crippen LogP contribution in [0.25, 0.3) is 0 Å². The van der Waals surface area contributed by atoms with Crippen molar-refractivity contribution in [2.75, 3.05) is 25.6 Å². The lowest BCUT2D eigenvalue weighted by Gasteiger charge is -2.37. The highest BCUT2D eigenvalue weighted by molar-refractivity contribution is 5.76. The van der Waals surface area contributed by atoms with Crippen molar-refractivity contribution in [3.05, 3.63) is 83.9 Å². The van der Waals surface area contributed by atoms with Crippen LogP contribution >= 0.6 is 0 Å². The first kappa shape index (κ1) is 24.2. The summed E-state index contributed by atoms with van der Waals surface area (Å²) in [5, 5.41) is 12.9. The normalized spacial score (nSPS) is 22.2. The second kappa shape index (κ2) is 10.6. The number of nitrogens with one attached hydrogen (secondary N) is 1. The number of hydrogen-bond donors (Lipinski definition) is 2. The van der Waals surface area contributed by atoms with E-state index in [-0.39, 0.29) is 37.1 Å². The maximum atomic E-state index is 12.8. The number of anilines is 1. The Morgan fingerprint density at radius 1 is 1.06 bits per heavy atom. The van der Waals surface area contributed by atoms with Crippen molar-refractivity contribution in [3.63, 3.8) is 0 Å². The van der Waals surface area contributed by atoms with Gasteiger partial charge in [0.05, 0.1) is 19.1 Å². The van der Waals surface area contributed by atoms with Gasteiger partial charge in [-0.25, -0.2) is 0 Å². The van der Waals surface area contributed by atoms with Crippen LogP contribution in [0.4, 0.5) is 5.69 Å². The molecule has 2 N–H and O–H groups in total. The Kier molecular flexibility index (Phi) is 7.11. The highest BCUT2D eigenvalue weighted by Gasteiger charge is 2.46. The Morgan fingerprint density at radius 2 is 1.81 bits per heavy atom. The van der Waals surface area contributed by atoms with Gasteiger partial charge in [0.25, 0.3) is 0 Å². The van der Waals surface area contributed by atoms with Gasteiger partial charge >= 0.3 is 0 Å². The predicted octanol–water partition coefficient (Wildman–Crippen LogP) is 4.25. The Labute approximate surface area is 211 Å². The van der Waals surface area contributed by atoms with Crippen LogP contribution in [0.1, 0.15) is 29.9 Å². The van der Waals surface area contributed by atoms with E-state index in [1.165, 1.54) is 0 Å². The zero-order valence-corrected chi connectivity index (χ0v) is 20.6. The summed E-state index contributed by atoms with van der Waals surface area (Å²) >= 11 is 0. The molecule has 36 heavy (non-hydrogen) atoms. The number of benzene rings is 3. The molecule has 1 saturated heterocycles. The Morgan fingerprint density at radius 3 is 2.53 bits per heavy atom. The van der Waals surface area contributed by atoms with Gasteiger partial charge in [-0.3, -0.25) is 4.79 Å². The molecule has 1 fully saturated rings. The van der Waals surface area contributed by atoms with E-state index < -0.39 is 6.10 Å². The van der Waals surface area contributed by atoms with Crippen LogP contribution in [0.2, 0.25) is 0 Å². The molecule has 3 aromatic rings. The van der Waals surface area contributed by atoms with E-state index >= 15 is 0 Å². The van der Waals surface area contributed by atoms with Crippen molar-refractivity contribution in [3.8, 4) is 17.2 Å². The molecule has 0 radical (unpaired) electrons. The van der Waals surface area contributed by atoms with E-state index in [4.69, 9.17) is 14.2 Å². The minimum atomic E-state index is -0.464. The highest BCUT2D eigenvalue weighted by Crippen LogP contribution is 2.47. The molecular weight excluding hydrogens is 456 g/mol. The minimum Gasteiger partial charge on any atom is -0.487 e. The lowest BCUT2D eigenvalue weighted by Crippen LogP contribution is -2.47. The van der Waals surface area contributed by atoms with E-state index in [9.17, 15) is 9.90 Å². The summed E-state index contributed by atoms with van der Waals surface area (Å²) in [6.07, 6.45) is -0.0865. The van der Waals surface area contributed by atoms with Gasteiger partial charge in [0, 0.05) is 37.8 Å². The predicted molar refractivity (Wildman–Crippen MR) is 138 cm³/mol. The molecule has 0 spiro atoms. The van der Waals surface area contributed by atoms with Crippen LogP contribution in [0, 0.1) is 0 Å². The summed E-state index contributed by atoms with van der Waals surface area (Å²) in [7, 11) is 4.01. The molecular formula is C29H32N2O5. The molecule has 0 aromatic heterocycles. The fraction of sp³-hybridized carbons (Fsp3) is 0.345. The number of para-hydroxylation sites is 1. The fourth-order valence-corrected chi connectivity index (χ4v) is 4.93. The summed E-state index contributed by atoms with van der Waals surface area (Å²) < 4.78 is 18.1. The molecule has 0 saturated carbocycles. The van der Waals surface area contributed by atoms with Crippen molar-refractivity contribution in [1.82, 2.24) is 5.32 Å². The molecule has 4 atom stereocenters. The summed E-state index contributed by atoms with van der Waals surface area (Å²) in [4.78, 5) is 14.8. The van der Waals surface area contributed by atoms with Crippen molar-refractivity contribution >= 4 is 11.6 Å². The van der Waals surface area contributed by atoms with Gasteiger partial charge in [0.15, 0.2) is 0 Å². The number of carbonyl (C=O) groups is 1. The maximum Gasteiger partial charge on any atom is 0.222 e. The topological polar surface area (TPSA) is 80.3 Å². The number of nitrogens with zero attached hydrogens (tertiary/aromatic N) is 1. The van der Waals surface area contributed by atoms with Gasteiger partial charge in [-0.2, -0.15) is 0 Å². The van der Waals surface area contributed by atoms with Crippen molar-refractivity contribution in [2.45, 2.75) is 43.6 Å². The molecule has 0 aliphatic carbocycles. The van der Waals surface area contributed by atoms with Crippen molar-refractivity contribution in [2.24, 2.45) is 0 Å². The Bertz CT molecular complexity index is 1180. The van der Waals surface area contributed by atoms with E-state index in [0.29, 0.717) is 13.0 Å². The third-order valence-corrected chi connectivity index (χ3v) is 6.80. The average Bonchev–Trinajstić information content (AvgIpc) is 3.26. The minimum absolute atomic E-state index is 0.0825. The summed E-state index contributed by atoms with van der Waals surface area (Å²) in [5.74, 6) is 2.36. The highest BCUT2D eigenvalue weighted by atomic mass is 16.6. The number of aliphatic hydroxyl groups excluding tert-OH is 1. The second-order valence-electron chi connectivity index (χ2n) is 9.56. The zero-order valence-electron chi connectivity index (χ0n) is 20.6. The van der Waals surface area contributed by atoms with Gasteiger partial charge < -0.3 is 29.5 Å². The van der Waals surface area contributed by atoms with Crippen molar-refractivity contribution < 1.29 is 24.1 Å². The Hall–Kier alpha value is -3.55. The zero-order chi connectivity index (χ0) is 25.1. The number of aliphatic hydroxyl groups is 1. The van der Waals surface area contributed by atoms with E-state index in [2.05, 4.69) is 16.3 Å². The van der Waals surface area contributed by atoms with Crippen molar-refractivity contribution in [1.29, 1.82) is 0 Å². The second-order valence-corrected chi connectivity index (χ2v) is 9.56. The molecule has 2 aliphatic heterocycles. The van der Waals surface area contributed by atoms with Gasteiger partial charge in [-0.05, 0) is 54.4 Å². The molecule has 188 valence electrons. The van der Waals surface area contributed by atoms with E-state index in [1.807, 2.05) is 80.8 Å². The first-order valence-electron chi connectivity index (χ1n) is 12.3. The SMILES string of the molecule is CN(C)c1ccc2c(c1)[C@@H]1C[C@@H](CC(=O)NCc3ccc(Oc4ccccc4)cc3)O[C@H](CO)[C@@H]1O2. The smallest absolute Gasteiger partial charge is 0.222 e. The van der Waals surface area contributed by atoms with Crippen LogP contribution in [-0.4, -0.2) is 50.0 Å². The summed E-state index contributed by atoms with van der Waals surface area (Å²) in [6.45, 7) is 0.274. The molecule has 5 rings (SSSR count). The standard InChI is InChI=1S/C29H32N2O5/c1-31(2)20-10-13-26-24(14-20)25-15-23(35-27(18-32)29(25)36-26)16-28(33)30-17-19-8-11-22(12-9-19)34-21-6-4-3-5-7-21/h3-14,23,25,27,29,32H,15-18H2,1-2H3,(H,30,33)/t23-,25-,27+,29+/m0/s1. The third kappa shape index (κ3) is 5.32. The lowest BCUT2D eigenvalue weighted by molar-refractivity contribution is -0.142. The average molecular weight is 489 g/mol. The van der Waals surface area contributed by atoms with Gasteiger partial charge in [0.1, 0.15) is 29.5 Å². The van der Waals surface area contributed by atoms with Gasteiger partial charge in [-0.1, -0.05) is 30.3 Å². The number of rotatable bonds is 8. The maximum absolute atomic E-state index is 12.8. The van der Waals surface area contributed by atoms with Crippen LogP contribution in [0.15, 0.2) is 72.8 Å². The molecule has 7 nitrogen and oxygen atoms in total. The number of hydrogen-bond acceptors (Lipinski definition) is 6. The molecule has 1 amide bonds. The number of fused-ring (bicyclic) bond motifs is 3. The largest absolute Gasteiger partial charge is 0.487 e. The molecule has 2 heterocycles. The van der Waals surface area contributed by atoms with Crippen LogP contribution < -0.4 is 19.7 Å². The molecule has 2 aliphatic rings. The fourth-order valence-electron chi connectivity index (χ4n) is 4.93. The molecule has 3 aromatic carbocycles.